The molecule has 0 bridgehead atoms. The van der Waals surface area contributed by atoms with E-state index in [1.165, 1.54) is 10.8 Å². The molecule has 10 heteroatoms. The van der Waals surface area contributed by atoms with Crippen LogP contribution in [0.25, 0.3) is 10.2 Å². The fraction of sp³-hybridized carbons (Fsp3) is 0.423. The number of nitrogens with one attached hydrogen (secondary N) is 1. The Kier molecular flexibility index (Phi) is 7.43. The molecule has 2 aliphatic rings. The van der Waals surface area contributed by atoms with Crippen LogP contribution in [0.15, 0.2) is 42.5 Å². The highest BCUT2D eigenvalue weighted by Crippen LogP contribution is 2.32. The molecule has 5 rings (SSSR count). The molecule has 0 radical (unpaired) electrons. The molecular formula is C26H29F2N5O2S. The molecule has 2 amide bonds. The van der Waals surface area contributed by atoms with Gasteiger partial charge in [-0.1, -0.05) is 23.5 Å². The molecule has 0 saturated carbocycles. The molecule has 3 heterocycles. The van der Waals surface area contributed by atoms with Crippen molar-refractivity contribution in [1.82, 2.24) is 14.8 Å². The van der Waals surface area contributed by atoms with Crippen LogP contribution in [0.5, 0.6) is 0 Å². The summed E-state index contributed by atoms with van der Waals surface area (Å²) >= 11 is 1.69. The van der Waals surface area contributed by atoms with Gasteiger partial charge in [0.25, 0.3) is 0 Å². The maximum absolute atomic E-state index is 13.8. The van der Waals surface area contributed by atoms with E-state index in [9.17, 15) is 18.4 Å². The van der Waals surface area contributed by atoms with Crippen molar-refractivity contribution in [2.24, 2.45) is 5.92 Å². The molecule has 2 aromatic carbocycles. The van der Waals surface area contributed by atoms with Crippen LogP contribution in [0.4, 0.5) is 19.6 Å². The van der Waals surface area contributed by atoms with Crippen LogP contribution < -0.4 is 10.2 Å². The number of piperidine rings is 1. The topological polar surface area (TPSA) is 68.8 Å². The third-order valence-corrected chi connectivity index (χ3v) is 7.97. The van der Waals surface area contributed by atoms with E-state index in [4.69, 9.17) is 4.98 Å². The molecule has 36 heavy (non-hydrogen) atoms. The highest BCUT2D eigenvalue weighted by molar-refractivity contribution is 7.22. The number of amides is 2. The Bertz CT molecular complexity index is 1210. The number of carbonyl (C=O) groups excluding carboxylic acids is 2. The van der Waals surface area contributed by atoms with E-state index in [-0.39, 0.29) is 30.0 Å². The standard InChI is InChI=1S/C26H29F2N5O2S/c27-19-6-7-21(20(28)16-19)29-24(34)17-31-10-3-11-32(15-14-31)25(35)18-8-12-33(13-9-18)26-30-22-4-1-2-5-23(22)36-26/h1-2,4-7,16,18H,3,8-15,17H2,(H,29,34). The van der Waals surface area contributed by atoms with Crippen molar-refractivity contribution in [3.8, 4) is 0 Å². The van der Waals surface area contributed by atoms with Crippen LogP contribution in [0.2, 0.25) is 0 Å². The van der Waals surface area contributed by atoms with Gasteiger partial charge < -0.3 is 15.1 Å². The molecule has 2 fully saturated rings. The second-order valence-electron chi connectivity index (χ2n) is 9.35. The maximum atomic E-state index is 13.8. The lowest BCUT2D eigenvalue weighted by molar-refractivity contribution is -0.136. The molecule has 190 valence electrons. The van der Waals surface area contributed by atoms with Crippen molar-refractivity contribution in [2.75, 3.05) is 56.0 Å². The zero-order chi connectivity index (χ0) is 25.1. The number of fused-ring (bicyclic) bond motifs is 1. The van der Waals surface area contributed by atoms with Gasteiger partial charge in [-0.2, -0.15) is 0 Å². The van der Waals surface area contributed by atoms with Gasteiger partial charge in [0.2, 0.25) is 11.8 Å². The first-order chi connectivity index (χ1) is 17.5. The third-order valence-electron chi connectivity index (χ3n) is 6.87. The first kappa shape index (κ1) is 24.6. The molecule has 7 nitrogen and oxygen atoms in total. The van der Waals surface area contributed by atoms with Crippen LogP contribution >= 0.6 is 11.3 Å². The van der Waals surface area contributed by atoms with E-state index in [1.54, 1.807) is 11.3 Å². The summed E-state index contributed by atoms with van der Waals surface area (Å²) in [6.07, 6.45) is 2.38. The van der Waals surface area contributed by atoms with Gasteiger partial charge in [0.15, 0.2) is 5.13 Å². The first-order valence-electron chi connectivity index (χ1n) is 12.3. The minimum Gasteiger partial charge on any atom is -0.348 e. The van der Waals surface area contributed by atoms with Crippen molar-refractivity contribution >= 4 is 44.2 Å². The number of benzene rings is 2. The number of carbonyl (C=O) groups is 2. The second kappa shape index (κ2) is 10.9. The van der Waals surface area contributed by atoms with Crippen molar-refractivity contribution in [3.63, 3.8) is 0 Å². The lowest BCUT2D eigenvalue weighted by Gasteiger charge is -2.33. The zero-order valence-corrected chi connectivity index (χ0v) is 20.8. The van der Waals surface area contributed by atoms with Gasteiger partial charge in [0.1, 0.15) is 11.6 Å². The lowest BCUT2D eigenvalue weighted by Crippen LogP contribution is -2.44. The van der Waals surface area contributed by atoms with Gasteiger partial charge in [-0.05, 0) is 43.5 Å². The average molecular weight is 514 g/mol. The second-order valence-corrected chi connectivity index (χ2v) is 10.4. The van der Waals surface area contributed by atoms with Crippen LogP contribution in [0.1, 0.15) is 19.3 Å². The summed E-state index contributed by atoms with van der Waals surface area (Å²) in [7, 11) is 0. The van der Waals surface area contributed by atoms with Crippen LogP contribution in [-0.4, -0.2) is 72.4 Å². The molecule has 1 aromatic heterocycles. The third kappa shape index (κ3) is 5.65. The van der Waals surface area contributed by atoms with Crippen LogP contribution in [0.3, 0.4) is 0 Å². The molecule has 0 atom stereocenters. The molecule has 0 aliphatic carbocycles. The highest BCUT2D eigenvalue weighted by atomic mass is 32.1. The van der Waals surface area contributed by atoms with Crippen LogP contribution in [-0.2, 0) is 9.59 Å². The Labute approximate surface area is 212 Å². The molecule has 0 unspecified atom stereocenters. The summed E-state index contributed by atoms with van der Waals surface area (Å²) in [5, 5.41) is 3.52. The molecular weight excluding hydrogens is 484 g/mol. The fourth-order valence-corrected chi connectivity index (χ4v) is 5.92. The SMILES string of the molecule is O=C(CN1CCCN(C(=O)C2CCN(c3nc4ccccc4s3)CC2)CC1)Nc1ccc(F)cc1F. The molecule has 3 aromatic rings. The number of halogens is 2. The molecule has 2 saturated heterocycles. The summed E-state index contributed by atoms with van der Waals surface area (Å²) in [5.41, 5.74) is 0.978. The van der Waals surface area contributed by atoms with Crippen molar-refractivity contribution in [3.05, 3.63) is 54.1 Å². The number of aromatic nitrogens is 1. The molecule has 0 spiro atoms. The predicted molar refractivity (Wildman–Crippen MR) is 137 cm³/mol. The van der Waals surface area contributed by atoms with E-state index in [2.05, 4.69) is 16.3 Å². The normalized spacial score (nSPS) is 17.8. The van der Waals surface area contributed by atoms with Crippen molar-refractivity contribution < 1.29 is 18.4 Å². The first-order valence-corrected chi connectivity index (χ1v) is 13.1. The summed E-state index contributed by atoms with van der Waals surface area (Å²) in [6.45, 7) is 4.22. The van der Waals surface area contributed by atoms with E-state index in [0.717, 1.165) is 55.1 Å². The monoisotopic (exact) mass is 513 g/mol. The van der Waals surface area contributed by atoms with Gasteiger partial charge in [-0.3, -0.25) is 14.5 Å². The average Bonchev–Trinajstić information content (AvgIpc) is 3.18. The quantitative estimate of drug-likeness (QED) is 0.559. The fourth-order valence-electron chi connectivity index (χ4n) is 4.90. The summed E-state index contributed by atoms with van der Waals surface area (Å²) in [6, 6.07) is 11.2. The van der Waals surface area contributed by atoms with E-state index in [1.807, 2.05) is 28.0 Å². The van der Waals surface area contributed by atoms with Crippen LogP contribution in [0, 0.1) is 17.6 Å². The maximum Gasteiger partial charge on any atom is 0.238 e. The Morgan fingerprint density at radius 1 is 1.00 bits per heavy atom. The minimum atomic E-state index is -0.801. The van der Waals surface area contributed by atoms with Gasteiger partial charge in [-0.25, -0.2) is 13.8 Å². The van der Waals surface area contributed by atoms with Gasteiger partial charge >= 0.3 is 0 Å². The highest BCUT2D eigenvalue weighted by Gasteiger charge is 2.30. The number of thiazole rings is 1. The molecule has 1 N–H and O–H groups in total. The summed E-state index contributed by atoms with van der Waals surface area (Å²) < 4.78 is 28.1. The Hall–Kier alpha value is -3.11. The van der Waals surface area contributed by atoms with E-state index in [0.29, 0.717) is 26.2 Å². The van der Waals surface area contributed by atoms with E-state index < -0.39 is 11.6 Å². The lowest BCUT2D eigenvalue weighted by atomic mass is 9.95. The number of hydrogen-bond acceptors (Lipinski definition) is 6. The Morgan fingerprint density at radius 3 is 2.58 bits per heavy atom. The van der Waals surface area contributed by atoms with Gasteiger partial charge in [0.05, 0.1) is 22.4 Å². The smallest absolute Gasteiger partial charge is 0.238 e. The Balaban J connectivity index is 1.10. The Morgan fingerprint density at radius 2 is 1.81 bits per heavy atom. The number of para-hydroxylation sites is 1. The number of anilines is 2. The van der Waals surface area contributed by atoms with Crippen molar-refractivity contribution in [1.29, 1.82) is 0 Å². The van der Waals surface area contributed by atoms with Gasteiger partial charge in [0, 0.05) is 51.3 Å². The number of hydrogen-bond donors (Lipinski definition) is 1. The summed E-state index contributed by atoms with van der Waals surface area (Å²) in [4.78, 5) is 36.6. The zero-order valence-electron chi connectivity index (χ0n) is 20.0. The number of nitrogens with zero attached hydrogens (tertiary/aromatic N) is 4. The summed E-state index contributed by atoms with van der Waals surface area (Å²) in [5.74, 6) is -1.65. The minimum absolute atomic E-state index is 0.00642. The largest absolute Gasteiger partial charge is 0.348 e. The van der Waals surface area contributed by atoms with E-state index >= 15 is 0 Å². The number of rotatable bonds is 5. The molecule has 2 aliphatic heterocycles. The van der Waals surface area contributed by atoms with Crippen molar-refractivity contribution in [2.45, 2.75) is 19.3 Å². The van der Waals surface area contributed by atoms with Gasteiger partial charge in [-0.15, -0.1) is 0 Å². The predicted octanol–water partition coefficient (Wildman–Crippen LogP) is 3.96.